The number of hydrogen-bond acceptors (Lipinski definition) is 2. The van der Waals surface area contributed by atoms with E-state index in [1.165, 1.54) is 5.56 Å². The van der Waals surface area contributed by atoms with Crippen LogP contribution in [0.25, 0.3) is 0 Å². The van der Waals surface area contributed by atoms with Crippen molar-refractivity contribution in [3.63, 3.8) is 0 Å². The SMILES string of the molecule is C[C@@H]1CCO[C@@](C)(Cc2ccccc2)O1. The van der Waals surface area contributed by atoms with Crippen molar-refractivity contribution < 1.29 is 9.47 Å². The third-order valence-corrected chi connectivity index (χ3v) is 2.75. The predicted octanol–water partition coefficient (Wildman–Crippen LogP) is 2.77. The van der Waals surface area contributed by atoms with Crippen LogP contribution >= 0.6 is 0 Å². The first-order valence-electron chi connectivity index (χ1n) is 5.54. The number of ether oxygens (including phenoxy) is 2. The van der Waals surface area contributed by atoms with Crippen molar-refractivity contribution in [3.05, 3.63) is 35.9 Å². The topological polar surface area (TPSA) is 18.5 Å². The van der Waals surface area contributed by atoms with Gasteiger partial charge in [0.15, 0.2) is 5.79 Å². The Hall–Kier alpha value is -0.860. The molecule has 0 aromatic heterocycles. The molecule has 1 aromatic carbocycles. The van der Waals surface area contributed by atoms with E-state index in [0.29, 0.717) is 6.10 Å². The second-order valence-corrected chi connectivity index (χ2v) is 4.36. The van der Waals surface area contributed by atoms with Crippen molar-refractivity contribution in [1.82, 2.24) is 0 Å². The Balaban J connectivity index is 2.04. The lowest BCUT2D eigenvalue weighted by Gasteiger charge is -2.37. The summed E-state index contributed by atoms with van der Waals surface area (Å²) in [6, 6.07) is 10.3. The summed E-state index contributed by atoms with van der Waals surface area (Å²) in [4.78, 5) is 0. The molecule has 1 fully saturated rings. The van der Waals surface area contributed by atoms with E-state index in [4.69, 9.17) is 9.47 Å². The van der Waals surface area contributed by atoms with Crippen LogP contribution in [0.5, 0.6) is 0 Å². The highest BCUT2D eigenvalue weighted by Gasteiger charge is 2.32. The molecule has 2 atom stereocenters. The maximum atomic E-state index is 5.86. The van der Waals surface area contributed by atoms with Gasteiger partial charge in [-0.15, -0.1) is 0 Å². The van der Waals surface area contributed by atoms with Crippen molar-refractivity contribution >= 4 is 0 Å². The fourth-order valence-electron chi connectivity index (χ4n) is 2.02. The van der Waals surface area contributed by atoms with Gasteiger partial charge in [-0.2, -0.15) is 0 Å². The maximum Gasteiger partial charge on any atom is 0.169 e. The Kier molecular flexibility index (Phi) is 3.08. The zero-order chi connectivity index (χ0) is 10.7. The lowest BCUT2D eigenvalue weighted by molar-refractivity contribution is -0.278. The normalized spacial score (nSPS) is 31.5. The fourth-order valence-corrected chi connectivity index (χ4v) is 2.02. The van der Waals surface area contributed by atoms with E-state index in [0.717, 1.165) is 19.4 Å². The van der Waals surface area contributed by atoms with Gasteiger partial charge in [-0.25, -0.2) is 0 Å². The average molecular weight is 206 g/mol. The standard InChI is InChI=1S/C13H18O2/c1-11-8-9-14-13(2,15-11)10-12-6-4-3-5-7-12/h3-7,11H,8-10H2,1-2H3/t11-,13-/m1/s1. The molecule has 0 aliphatic carbocycles. The maximum absolute atomic E-state index is 5.86. The molecule has 15 heavy (non-hydrogen) atoms. The highest BCUT2D eigenvalue weighted by atomic mass is 16.7. The summed E-state index contributed by atoms with van der Waals surface area (Å²) in [5.41, 5.74) is 1.26. The van der Waals surface area contributed by atoms with Crippen LogP contribution in [-0.2, 0) is 15.9 Å². The molecule has 1 aliphatic heterocycles. The highest BCUT2D eigenvalue weighted by molar-refractivity contribution is 5.16. The molecule has 0 N–H and O–H groups in total. The molecule has 2 heteroatoms. The van der Waals surface area contributed by atoms with Crippen molar-refractivity contribution in [2.24, 2.45) is 0 Å². The minimum absolute atomic E-state index is 0.299. The second-order valence-electron chi connectivity index (χ2n) is 4.36. The molecular weight excluding hydrogens is 188 g/mol. The van der Waals surface area contributed by atoms with Gasteiger partial charge in [-0.05, 0) is 25.8 Å². The van der Waals surface area contributed by atoms with Crippen molar-refractivity contribution in [2.75, 3.05) is 6.61 Å². The number of hydrogen-bond donors (Lipinski definition) is 0. The minimum atomic E-state index is -0.445. The summed E-state index contributed by atoms with van der Waals surface area (Å²) >= 11 is 0. The van der Waals surface area contributed by atoms with Gasteiger partial charge >= 0.3 is 0 Å². The molecule has 1 aromatic rings. The van der Waals surface area contributed by atoms with Gasteiger partial charge in [0.1, 0.15) is 0 Å². The molecule has 1 saturated heterocycles. The van der Waals surface area contributed by atoms with Crippen molar-refractivity contribution in [3.8, 4) is 0 Å². The van der Waals surface area contributed by atoms with E-state index in [-0.39, 0.29) is 0 Å². The summed E-state index contributed by atoms with van der Waals surface area (Å²) in [5.74, 6) is -0.445. The van der Waals surface area contributed by atoms with Crippen LogP contribution < -0.4 is 0 Å². The Morgan fingerprint density at radius 3 is 2.73 bits per heavy atom. The highest BCUT2D eigenvalue weighted by Crippen LogP contribution is 2.26. The molecule has 0 radical (unpaired) electrons. The smallest absolute Gasteiger partial charge is 0.169 e. The molecular formula is C13H18O2. The molecule has 0 bridgehead atoms. The van der Waals surface area contributed by atoms with E-state index >= 15 is 0 Å². The van der Waals surface area contributed by atoms with Gasteiger partial charge in [0.05, 0.1) is 12.7 Å². The molecule has 0 spiro atoms. The summed E-state index contributed by atoms with van der Waals surface area (Å²) in [5, 5.41) is 0. The Labute approximate surface area is 91.2 Å². The lowest BCUT2D eigenvalue weighted by atomic mass is 10.0. The van der Waals surface area contributed by atoms with Crippen LogP contribution in [0.2, 0.25) is 0 Å². The van der Waals surface area contributed by atoms with Gasteiger partial charge in [0.2, 0.25) is 0 Å². The lowest BCUT2D eigenvalue weighted by Crippen LogP contribution is -2.42. The molecule has 2 rings (SSSR count). The predicted molar refractivity (Wildman–Crippen MR) is 59.7 cm³/mol. The first kappa shape index (κ1) is 10.7. The fraction of sp³-hybridized carbons (Fsp3) is 0.538. The largest absolute Gasteiger partial charge is 0.350 e. The Morgan fingerprint density at radius 1 is 1.33 bits per heavy atom. The van der Waals surface area contributed by atoms with Gasteiger partial charge in [0.25, 0.3) is 0 Å². The molecule has 0 saturated carbocycles. The number of rotatable bonds is 2. The summed E-state index contributed by atoms with van der Waals surface area (Å²) in [6.45, 7) is 4.92. The summed E-state index contributed by atoms with van der Waals surface area (Å²) < 4.78 is 11.6. The van der Waals surface area contributed by atoms with E-state index < -0.39 is 5.79 Å². The van der Waals surface area contributed by atoms with Crippen LogP contribution in [-0.4, -0.2) is 18.5 Å². The number of benzene rings is 1. The van der Waals surface area contributed by atoms with Gasteiger partial charge in [-0.1, -0.05) is 30.3 Å². The van der Waals surface area contributed by atoms with Crippen LogP contribution in [0.1, 0.15) is 25.8 Å². The second kappa shape index (κ2) is 4.33. The molecule has 0 unspecified atom stereocenters. The van der Waals surface area contributed by atoms with Gasteiger partial charge < -0.3 is 9.47 Å². The van der Waals surface area contributed by atoms with Crippen LogP contribution in [0.3, 0.4) is 0 Å². The monoisotopic (exact) mass is 206 g/mol. The Bertz CT molecular complexity index is 310. The molecule has 1 aliphatic rings. The van der Waals surface area contributed by atoms with E-state index in [1.54, 1.807) is 0 Å². The van der Waals surface area contributed by atoms with E-state index in [2.05, 4.69) is 19.1 Å². The minimum Gasteiger partial charge on any atom is -0.350 e. The van der Waals surface area contributed by atoms with Gasteiger partial charge in [-0.3, -0.25) is 0 Å². The van der Waals surface area contributed by atoms with E-state index in [9.17, 15) is 0 Å². The molecule has 0 amide bonds. The third-order valence-electron chi connectivity index (χ3n) is 2.75. The van der Waals surface area contributed by atoms with Crippen LogP contribution in [0, 0.1) is 0 Å². The first-order valence-corrected chi connectivity index (χ1v) is 5.54. The Morgan fingerprint density at radius 2 is 2.07 bits per heavy atom. The van der Waals surface area contributed by atoms with Crippen molar-refractivity contribution in [2.45, 2.75) is 38.6 Å². The van der Waals surface area contributed by atoms with Crippen LogP contribution in [0.4, 0.5) is 0 Å². The summed E-state index contributed by atoms with van der Waals surface area (Å²) in [6.07, 6.45) is 2.11. The zero-order valence-corrected chi connectivity index (χ0v) is 9.40. The molecule has 1 heterocycles. The van der Waals surface area contributed by atoms with Crippen molar-refractivity contribution in [1.29, 1.82) is 0 Å². The molecule has 82 valence electrons. The van der Waals surface area contributed by atoms with Gasteiger partial charge in [0, 0.05) is 6.42 Å². The summed E-state index contributed by atoms with van der Waals surface area (Å²) in [7, 11) is 0. The average Bonchev–Trinajstić information content (AvgIpc) is 2.18. The third kappa shape index (κ3) is 2.80. The molecule has 2 nitrogen and oxygen atoms in total. The zero-order valence-electron chi connectivity index (χ0n) is 9.40. The first-order chi connectivity index (χ1) is 7.18. The van der Waals surface area contributed by atoms with Crippen LogP contribution in [0.15, 0.2) is 30.3 Å². The quantitative estimate of drug-likeness (QED) is 0.740. The van der Waals surface area contributed by atoms with E-state index in [1.807, 2.05) is 25.1 Å².